The van der Waals surface area contributed by atoms with Crippen molar-refractivity contribution in [3.8, 4) is 0 Å². The molecule has 1 atom stereocenters. The molecule has 2 aromatic rings. The third kappa shape index (κ3) is 5.53. The van der Waals surface area contributed by atoms with Gasteiger partial charge in [0, 0.05) is 30.7 Å². The van der Waals surface area contributed by atoms with Gasteiger partial charge in [-0.25, -0.2) is 4.98 Å². The van der Waals surface area contributed by atoms with Gasteiger partial charge in [-0.15, -0.1) is 23.7 Å². The number of pyridine rings is 1. The van der Waals surface area contributed by atoms with Gasteiger partial charge in [0.25, 0.3) is 0 Å². The molecule has 0 spiro atoms. The summed E-state index contributed by atoms with van der Waals surface area (Å²) >= 11 is 1.74. The highest BCUT2D eigenvalue weighted by Crippen LogP contribution is 2.20. The van der Waals surface area contributed by atoms with E-state index in [1.807, 2.05) is 12.3 Å². The molecule has 1 unspecified atom stereocenters. The molecule has 2 aromatic heterocycles. The quantitative estimate of drug-likeness (QED) is 0.895. The molecule has 1 aliphatic heterocycles. The molecule has 6 heteroatoms. The summed E-state index contributed by atoms with van der Waals surface area (Å²) in [6, 6.07) is 6.78. The first-order chi connectivity index (χ1) is 10.8. The predicted octanol–water partition coefficient (Wildman–Crippen LogP) is 3.41. The summed E-state index contributed by atoms with van der Waals surface area (Å²) in [5.74, 6) is 0. The van der Waals surface area contributed by atoms with Crippen molar-refractivity contribution in [1.82, 2.24) is 20.2 Å². The molecule has 1 fully saturated rings. The Kier molecular flexibility index (Phi) is 7.43. The summed E-state index contributed by atoms with van der Waals surface area (Å²) in [5, 5.41) is 6.85. The van der Waals surface area contributed by atoms with Gasteiger partial charge in [0.05, 0.1) is 16.4 Å². The third-order valence-corrected chi connectivity index (χ3v) is 5.01. The van der Waals surface area contributed by atoms with Crippen LogP contribution in [0.4, 0.5) is 0 Å². The lowest BCUT2D eigenvalue weighted by molar-refractivity contribution is 0.160. The molecular formula is C17H25ClN4S. The van der Waals surface area contributed by atoms with E-state index in [-0.39, 0.29) is 12.4 Å². The fourth-order valence-corrected chi connectivity index (χ4v) is 3.67. The molecule has 0 saturated carbocycles. The molecule has 3 rings (SSSR count). The van der Waals surface area contributed by atoms with Crippen LogP contribution in [0, 0.1) is 6.92 Å². The van der Waals surface area contributed by atoms with Gasteiger partial charge in [0.1, 0.15) is 0 Å². The summed E-state index contributed by atoms with van der Waals surface area (Å²) in [7, 11) is 0. The van der Waals surface area contributed by atoms with Crippen LogP contribution in [0.5, 0.6) is 0 Å². The Morgan fingerprint density at radius 2 is 2.09 bits per heavy atom. The minimum Gasteiger partial charge on any atom is -0.317 e. The lowest BCUT2D eigenvalue weighted by Gasteiger charge is -2.30. The van der Waals surface area contributed by atoms with E-state index in [9.17, 15) is 0 Å². The normalized spacial score (nSPS) is 18.4. The van der Waals surface area contributed by atoms with Crippen LogP contribution in [-0.2, 0) is 13.1 Å². The number of hydrogen-bond acceptors (Lipinski definition) is 5. The van der Waals surface area contributed by atoms with Crippen LogP contribution in [0.3, 0.4) is 0 Å². The van der Waals surface area contributed by atoms with Crippen LogP contribution < -0.4 is 5.32 Å². The number of thiazole rings is 1. The first-order valence-corrected chi connectivity index (χ1v) is 8.95. The number of nitrogens with zero attached hydrogens (tertiary/aromatic N) is 3. The van der Waals surface area contributed by atoms with Crippen molar-refractivity contribution in [3.05, 3.63) is 46.2 Å². The second kappa shape index (κ2) is 9.33. The van der Waals surface area contributed by atoms with E-state index in [1.165, 1.54) is 25.0 Å². The summed E-state index contributed by atoms with van der Waals surface area (Å²) in [4.78, 5) is 11.7. The Morgan fingerprint density at radius 3 is 2.83 bits per heavy atom. The maximum absolute atomic E-state index is 4.65. The van der Waals surface area contributed by atoms with E-state index >= 15 is 0 Å². The Morgan fingerprint density at radius 1 is 1.22 bits per heavy atom. The highest BCUT2D eigenvalue weighted by Gasteiger charge is 2.21. The summed E-state index contributed by atoms with van der Waals surface area (Å²) in [6.07, 6.45) is 5.59. The zero-order valence-electron chi connectivity index (χ0n) is 13.6. The average Bonchev–Trinajstić information content (AvgIpc) is 2.78. The molecule has 1 saturated heterocycles. The van der Waals surface area contributed by atoms with Crippen LogP contribution in [-0.4, -0.2) is 34.0 Å². The second-order valence-electron chi connectivity index (χ2n) is 5.92. The molecule has 0 bridgehead atoms. The molecule has 4 nitrogen and oxygen atoms in total. The number of aryl methyl sites for hydroxylation is 1. The van der Waals surface area contributed by atoms with Crippen molar-refractivity contribution < 1.29 is 0 Å². The topological polar surface area (TPSA) is 41.1 Å². The smallest absolute Gasteiger partial charge is 0.0897 e. The van der Waals surface area contributed by atoms with E-state index in [0.29, 0.717) is 6.04 Å². The summed E-state index contributed by atoms with van der Waals surface area (Å²) in [5.41, 5.74) is 2.34. The van der Waals surface area contributed by atoms with Crippen molar-refractivity contribution in [2.24, 2.45) is 0 Å². The highest BCUT2D eigenvalue weighted by atomic mass is 35.5. The average molecular weight is 353 g/mol. The predicted molar refractivity (Wildman–Crippen MR) is 98.1 cm³/mol. The fraction of sp³-hybridized carbons (Fsp3) is 0.529. The first-order valence-electron chi connectivity index (χ1n) is 8.07. The molecule has 0 radical (unpaired) electrons. The number of hydrogen-bond donors (Lipinski definition) is 1. The third-order valence-electron chi connectivity index (χ3n) is 4.18. The number of halogens is 1. The summed E-state index contributed by atoms with van der Waals surface area (Å²) < 4.78 is 0. The largest absolute Gasteiger partial charge is 0.317 e. The van der Waals surface area contributed by atoms with E-state index in [2.05, 4.69) is 44.6 Å². The Hall–Kier alpha value is -1.01. The number of aromatic nitrogens is 2. The van der Waals surface area contributed by atoms with Gasteiger partial charge in [-0.2, -0.15) is 0 Å². The van der Waals surface area contributed by atoms with Crippen molar-refractivity contribution in [1.29, 1.82) is 0 Å². The molecule has 1 N–H and O–H groups in total. The van der Waals surface area contributed by atoms with Gasteiger partial charge in [-0.3, -0.25) is 9.88 Å². The monoisotopic (exact) mass is 352 g/mol. The van der Waals surface area contributed by atoms with E-state index in [0.717, 1.165) is 36.9 Å². The Balaban J connectivity index is 0.00000192. The fourth-order valence-electron chi connectivity index (χ4n) is 3.07. The lowest BCUT2D eigenvalue weighted by atomic mass is 10.1. The molecule has 1 aliphatic rings. The SMILES string of the molecule is Cc1nc(CN(Cc2ccccn2)C2CCCNCC2)cs1.Cl. The molecule has 126 valence electrons. The van der Waals surface area contributed by atoms with Crippen LogP contribution >= 0.6 is 23.7 Å². The Labute approximate surface area is 148 Å². The van der Waals surface area contributed by atoms with Gasteiger partial charge >= 0.3 is 0 Å². The highest BCUT2D eigenvalue weighted by molar-refractivity contribution is 7.09. The number of rotatable bonds is 5. The minimum atomic E-state index is 0. The minimum absolute atomic E-state index is 0. The van der Waals surface area contributed by atoms with Crippen molar-refractivity contribution in [3.63, 3.8) is 0 Å². The van der Waals surface area contributed by atoms with Crippen molar-refractivity contribution in [2.45, 2.75) is 45.3 Å². The van der Waals surface area contributed by atoms with Crippen LogP contribution in [0.15, 0.2) is 29.8 Å². The van der Waals surface area contributed by atoms with Crippen LogP contribution in [0.2, 0.25) is 0 Å². The van der Waals surface area contributed by atoms with E-state index in [1.54, 1.807) is 11.3 Å². The molecular weight excluding hydrogens is 328 g/mol. The first kappa shape index (κ1) is 18.3. The van der Waals surface area contributed by atoms with Gasteiger partial charge in [-0.05, 0) is 51.4 Å². The number of nitrogens with one attached hydrogen (secondary N) is 1. The lowest BCUT2D eigenvalue weighted by Crippen LogP contribution is -2.35. The van der Waals surface area contributed by atoms with Gasteiger partial charge in [-0.1, -0.05) is 6.07 Å². The van der Waals surface area contributed by atoms with E-state index in [4.69, 9.17) is 0 Å². The molecule has 0 aromatic carbocycles. The molecule has 0 aliphatic carbocycles. The van der Waals surface area contributed by atoms with Gasteiger partial charge in [0.2, 0.25) is 0 Å². The molecule has 23 heavy (non-hydrogen) atoms. The van der Waals surface area contributed by atoms with Crippen molar-refractivity contribution >= 4 is 23.7 Å². The standard InChI is InChI=1S/C17H24N4S.ClH/c1-14-20-16(13-22-14)12-21(11-15-5-2-3-9-19-15)17-6-4-8-18-10-7-17;/h2-3,5,9,13,17-18H,4,6-8,10-12H2,1H3;1H. The molecule has 3 heterocycles. The second-order valence-corrected chi connectivity index (χ2v) is 6.98. The van der Waals surface area contributed by atoms with Gasteiger partial charge in [0.15, 0.2) is 0 Å². The maximum Gasteiger partial charge on any atom is 0.0897 e. The van der Waals surface area contributed by atoms with E-state index < -0.39 is 0 Å². The summed E-state index contributed by atoms with van der Waals surface area (Å²) in [6.45, 7) is 6.16. The van der Waals surface area contributed by atoms with Crippen LogP contribution in [0.25, 0.3) is 0 Å². The Bertz CT molecular complexity index is 567. The zero-order chi connectivity index (χ0) is 15.2. The van der Waals surface area contributed by atoms with Gasteiger partial charge < -0.3 is 5.32 Å². The van der Waals surface area contributed by atoms with Crippen LogP contribution in [0.1, 0.15) is 35.7 Å². The maximum atomic E-state index is 4.65. The zero-order valence-corrected chi connectivity index (χ0v) is 15.2. The molecule has 0 amide bonds. The van der Waals surface area contributed by atoms with Crippen molar-refractivity contribution in [2.75, 3.05) is 13.1 Å².